The molecule has 1 atom stereocenters. The zero-order valence-electron chi connectivity index (χ0n) is 9.50. The van der Waals surface area contributed by atoms with E-state index in [0.717, 1.165) is 11.1 Å². The van der Waals surface area contributed by atoms with E-state index in [4.69, 9.17) is 22.2 Å². The first-order chi connectivity index (χ1) is 7.51. The van der Waals surface area contributed by atoms with E-state index in [1.807, 2.05) is 6.92 Å². The van der Waals surface area contributed by atoms with Crippen LogP contribution in [0.15, 0.2) is 12.1 Å². The molecule has 16 heavy (non-hydrogen) atoms. The van der Waals surface area contributed by atoms with Crippen LogP contribution in [-0.2, 0) is 4.79 Å². The van der Waals surface area contributed by atoms with Gasteiger partial charge >= 0.3 is 0 Å². The highest BCUT2D eigenvalue weighted by Crippen LogP contribution is 2.31. The van der Waals surface area contributed by atoms with Crippen molar-refractivity contribution in [1.82, 2.24) is 5.43 Å². The quantitative estimate of drug-likeness (QED) is 0.482. The van der Waals surface area contributed by atoms with Crippen LogP contribution < -0.4 is 16.0 Å². The van der Waals surface area contributed by atoms with E-state index in [2.05, 4.69) is 5.43 Å². The molecule has 0 radical (unpaired) electrons. The molecule has 0 aliphatic rings. The van der Waals surface area contributed by atoms with E-state index < -0.39 is 0 Å². The molecular formula is C11H15ClN2O2. The largest absolute Gasteiger partial charge is 0.495 e. The predicted octanol–water partition coefficient (Wildman–Crippen LogP) is 1.75. The molecule has 0 fully saturated rings. The van der Waals surface area contributed by atoms with Crippen LogP contribution in [0, 0.1) is 6.92 Å². The van der Waals surface area contributed by atoms with Gasteiger partial charge in [-0.25, -0.2) is 5.84 Å². The smallest absolute Gasteiger partial charge is 0.241 e. The van der Waals surface area contributed by atoms with Crippen molar-refractivity contribution in [3.05, 3.63) is 28.3 Å². The Balaban J connectivity index is 3.15. The summed E-state index contributed by atoms with van der Waals surface area (Å²) in [5.41, 5.74) is 3.91. The number of ether oxygens (including phenoxy) is 1. The molecule has 1 unspecified atom stereocenters. The number of halogens is 1. The molecule has 0 saturated heterocycles. The fraction of sp³-hybridized carbons (Fsp3) is 0.364. The predicted molar refractivity (Wildman–Crippen MR) is 63.5 cm³/mol. The number of hydrogen-bond acceptors (Lipinski definition) is 3. The van der Waals surface area contributed by atoms with Gasteiger partial charge in [0, 0.05) is 0 Å². The van der Waals surface area contributed by atoms with Crippen molar-refractivity contribution in [2.24, 2.45) is 5.84 Å². The lowest BCUT2D eigenvalue weighted by Gasteiger charge is -2.15. The summed E-state index contributed by atoms with van der Waals surface area (Å²) in [5, 5.41) is 0.486. The lowest BCUT2D eigenvalue weighted by atomic mass is 9.95. The van der Waals surface area contributed by atoms with Gasteiger partial charge in [-0.1, -0.05) is 11.6 Å². The standard InChI is InChI=1S/C11H15ClN2O2/c1-6-4-10(16-3)9(12)5-8(6)7(2)11(15)14-13/h4-5,7H,13H2,1-3H3,(H,14,15). The molecule has 1 aromatic carbocycles. The minimum atomic E-state index is -0.339. The van der Waals surface area contributed by atoms with Gasteiger partial charge in [0.05, 0.1) is 18.1 Å². The van der Waals surface area contributed by atoms with Crippen LogP contribution in [0.5, 0.6) is 5.75 Å². The van der Waals surface area contributed by atoms with Crippen LogP contribution >= 0.6 is 11.6 Å². The van der Waals surface area contributed by atoms with Crippen LogP contribution in [0.3, 0.4) is 0 Å². The fourth-order valence-corrected chi connectivity index (χ4v) is 1.81. The maximum Gasteiger partial charge on any atom is 0.241 e. The van der Waals surface area contributed by atoms with Gasteiger partial charge in [0.1, 0.15) is 5.75 Å². The zero-order valence-corrected chi connectivity index (χ0v) is 10.3. The number of amides is 1. The third-order valence-corrected chi connectivity index (χ3v) is 2.84. The van der Waals surface area contributed by atoms with Crippen LogP contribution in [0.1, 0.15) is 24.0 Å². The Labute approximate surface area is 99.7 Å². The van der Waals surface area contributed by atoms with E-state index in [9.17, 15) is 4.79 Å². The van der Waals surface area contributed by atoms with Gasteiger partial charge in [-0.15, -0.1) is 0 Å². The van der Waals surface area contributed by atoms with E-state index in [1.54, 1.807) is 26.2 Å². The van der Waals surface area contributed by atoms with Crippen LogP contribution in [-0.4, -0.2) is 13.0 Å². The molecule has 3 N–H and O–H groups in total. The summed E-state index contributed by atoms with van der Waals surface area (Å²) in [4.78, 5) is 11.4. The van der Waals surface area contributed by atoms with E-state index in [-0.39, 0.29) is 11.8 Å². The van der Waals surface area contributed by atoms with E-state index in [0.29, 0.717) is 10.8 Å². The summed E-state index contributed by atoms with van der Waals surface area (Å²) in [6.07, 6.45) is 0. The monoisotopic (exact) mass is 242 g/mol. The minimum absolute atomic E-state index is 0.246. The molecule has 1 amide bonds. The Hall–Kier alpha value is -1.26. The molecule has 0 heterocycles. The number of aryl methyl sites for hydroxylation is 1. The first-order valence-electron chi connectivity index (χ1n) is 4.85. The number of nitrogens with one attached hydrogen (secondary N) is 1. The number of carbonyl (C=O) groups is 1. The maximum absolute atomic E-state index is 11.4. The first-order valence-corrected chi connectivity index (χ1v) is 5.23. The molecule has 1 rings (SSSR count). The van der Waals surface area contributed by atoms with Crippen molar-refractivity contribution in [1.29, 1.82) is 0 Å². The molecular weight excluding hydrogens is 228 g/mol. The zero-order chi connectivity index (χ0) is 12.3. The van der Waals surface area contributed by atoms with Gasteiger partial charge in [0.15, 0.2) is 0 Å². The SMILES string of the molecule is COc1cc(C)c(C(C)C(=O)NN)cc1Cl. The number of benzene rings is 1. The Bertz CT molecular complexity index is 407. The lowest BCUT2D eigenvalue weighted by molar-refractivity contribution is -0.122. The highest BCUT2D eigenvalue weighted by molar-refractivity contribution is 6.32. The summed E-state index contributed by atoms with van der Waals surface area (Å²) in [6, 6.07) is 3.54. The van der Waals surface area contributed by atoms with Gasteiger partial charge in [-0.3, -0.25) is 10.2 Å². The molecule has 0 bridgehead atoms. The number of rotatable bonds is 3. The van der Waals surface area contributed by atoms with Crippen molar-refractivity contribution in [2.75, 3.05) is 7.11 Å². The summed E-state index contributed by atoms with van der Waals surface area (Å²) in [6.45, 7) is 3.67. The molecule has 1 aromatic rings. The maximum atomic E-state index is 11.4. The molecule has 0 aromatic heterocycles. The molecule has 88 valence electrons. The Morgan fingerprint density at radius 1 is 1.56 bits per heavy atom. The highest BCUT2D eigenvalue weighted by atomic mass is 35.5. The van der Waals surface area contributed by atoms with Crippen LogP contribution in [0.2, 0.25) is 5.02 Å². The van der Waals surface area contributed by atoms with Gasteiger partial charge < -0.3 is 4.74 Å². The second-order valence-corrected chi connectivity index (χ2v) is 3.98. The average Bonchev–Trinajstić information content (AvgIpc) is 2.29. The molecule has 0 spiro atoms. The molecule has 5 heteroatoms. The van der Waals surface area contributed by atoms with E-state index in [1.165, 1.54) is 0 Å². The summed E-state index contributed by atoms with van der Waals surface area (Å²) in [7, 11) is 1.55. The number of hydrazine groups is 1. The van der Waals surface area contributed by atoms with Crippen molar-refractivity contribution >= 4 is 17.5 Å². The number of nitrogens with two attached hydrogens (primary N) is 1. The fourth-order valence-electron chi connectivity index (χ4n) is 1.56. The number of hydrogen-bond donors (Lipinski definition) is 2. The van der Waals surface area contributed by atoms with Gasteiger partial charge in [0.2, 0.25) is 5.91 Å². The summed E-state index contributed by atoms with van der Waals surface area (Å²) < 4.78 is 5.09. The van der Waals surface area contributed by atoms with Gasteiger partial charge in [-0.2, -0.15) is 0 Å². The molecule has 0 aliphatic heterocycles. The normalized spacial score (nSPS) is 12.1. The Kier molecular flexibility index (Phi) is 4.15. The number of carbonyl (C=O) groups excluding carboxylic acids is 1. The Morgan fingerprint density at radius 3 is 2.69 bits per heavy atom. The highest BCUT2D eigenvalue weighted by Gasteiger charge is 2.18. The van der Waals surface area contributed by atoms with Crippen LogP contribution in [0.25, 0.3) is 0 Å². The Morgan fingerprint density at radius 2 is 2.19 bits per heavy atom. The van der Waals surface area contributed by atoms with Gasteiger partial charge in [-0.05, 0) is 37.1 Å². The lowest BCUT2D eigenvalue weighted by Crippen LogP contribution is -2.33. The third kappa shape index (κ3) is 2.46. The molecule has 4 nitrogen and oxygen atoms in total. The second-order valence-electron chi connectivity index (χ2n) is 3.57. The number of methoxy groups -OCH3 is 1. The van der Waals surface area contributed by atoms with Gasteiger partial charge in [0.25, 0.3) is 0 Å². The first kappa shape index (κ1) is 12.8. The molecule has 0 saturated carbocycles. The van der Waals surface area contributed by atoms with Crippen molar-refractivity contribution in [2.45, 2.75) is 19.8 Å². The van der Waals surface area contributed by atoms with Crippen molar-refractivity contribution in [3.8, 4) is 5.75 Å². The molecule has 0 aliphatic carbocycles. The average molecular weight is 243 g/mol. The van der Waals surface area contributed by atoms with Crippen molar-refractivity contribution in [3.63, 3.8) is 0 Å². The summed E-state index contributed by atoms with van der Waals surface area (Å²) in [5.74, 6) is 5.11. The van der Waals surface area contributed by atoms with E-state index >= 15 is 0 Å². The minimum Gasteiger partial charge on any atom is -0.495 e. The van der Waals surface area contributed by atoms with Crippen LogP contribution in [0.4, 0.5) is 0 Å². The summed E-state index contributed by atoms with van der Waals surface area (Å²) >= 11 is 6.01. The van der Waals surface area contributed by atoms with Crippen molar-refractivity contribution < 1.29 is 9.53 Å². The topological polar surface area (TPSA) is 64.3 Å². The third-order valence-electron chi connectivity index (χ3n) is 2.54. The second kappa shape index (κ2) is 5.18.